The van der Waals surface area contributed by atoms with Crippen molar-refractivity contribution in [2.24, 2.45) is 5.41 Å². The Hall–Kier alpha value is -0.890. The van der Waals surface area contributed by atoms with Crippen LogP contribution in [0.25, 0.3) is 0 Å². The van der Waals surface area contributed by atoms with E-state index in [2.05, 4.69) is 4.98 Å². The Balaban J connectivity index is 3.10. The van der Waals surface area contributed by atoms with E-state index in [9.17, 15) is 5.11 Å². The van der Waals surface area contributed by atoms with Gasteiger partial charge in [0.1, 0.15) is 0 Å². The highest BCUT2D eigenvalue weighted by Gasteiger charge is 2.36. The van der Waals surface area contributed by atoms with Crippen molar-refractivity contribution in [1.82, 2.24) is 4.98 Å². The highest BCUT2D eigenvalue weighted by molar-refractivity contribution is 5.21. The molecular weight excluding hydrogens is 174 g/mol. The summed E-state index contributed by atoms with van der Waals surface area (Å²) < 4.78 is 0. The van der Waals surface area contributed by atoms with Crippen LogP contribution in [-0.2, 0) is 5.60 Å². The van der Waals surface area contributed by atoms with Crippen LogP contribution in [0.3, 0.4) is 0 Å². The summed E-state index contributed by atoms with van der Waals surface area (Å²) in [5.74, 6) is 0. The molecule has 0 aromatic carbocycles. The molecule has 2 heteroatoms. The van der Waals surface area contributed by atoms with Crippen LogP contribution >= 0.6 is 0 Å². The molecule has 2 nitrogen and oxygen atoms in total. The van der Waals surface area contributed by atoms with Crippen LogP contribution in [0.2, 0.25) is 0 Å². The average Bonchev–Trinajstić information content (AvgIpc) is 2.03. The van der Waals surface area contributed by atoms with Gasteiger partial charge in [-0.2, -0.15) is 0 Å². The maximum atomic E-state index is 10.4. The van der Waals surface area contributed by atoms with Gasteiger partial charge in [0.2, 0.25) is 0 Å². The maximum absolute atomic E-state index is 10.4. The summed E-state index contributed by atoms with van der Waals surface area (Å²) in [5.41, 5.74) is 0.812. The van der Waals surface area contributed by atoms with Crippen LogP contribution in [0.15, 0.2) is 18.3 Å². The Morgan fingerprint density at radius 3 is 2.07 bits per heavy atom. The van der Waals surface area contributed by atoms with Gasteiger partial charge in [0, 0.05) is 17.5 Å². The van der Waals surface area contributed by atoms with Gasteiger partial charge in [0.25, 0.3) is 0 Å². The number of hydrogen-bond acceptors (Lipinski definition) is 2. The molecule has 1 atom stereocenters. The Labute approximate surface area is 86.0 Å². The molecule has 0 fully saturated rings. The van der Waals surface area contributed by atoms with E-state index in [1.54, 1.807) is 6.20 Å². The first kappa shape index (κ1) is 11.2. The maximum Gasteiger partial charge on any atom is 0.0931 e. The monoisotopic (exact) mass is 193 g/mol. The number of rotatable bonds is 1. The van der Waals surface area contributed by atoms with Crippen molar-refractivity contribution in [1.29, 1.82) is 0 Å². The van der Waals surface area contributed by atoms with Gasteiger partial charge in [-0.3, -0.25) is 4.98 Å². The predicted molar refractivity (Wildman–Crippen MR) is 58.0 cm³/mol. The second kappa shape index (κ2) is 3.35. The minimum absolute atomic E-state index is 0.191. The molecular formula is C12H19NO. The van der Waals surface area contributed by atoms with Crippen LogP contribution < -0.4 is 0 Å². The number of nitrogens with zero attached hydrogens (tertiary/aromatic N) is 1. The zero-order valence-electron chi connectivity index (χ0n) is 9.63. The number of aliphatic hydroxyl groups is 1. The van der Waals surface area contributed by atoms with Gasteiger partial charge in [0.05, 0.1) is 5.60 Å². The predicted octanol–water partition coefficient (Wildman–Crippen LogP) is 2.64. The second-order valence-corrected chi connectivity index (χ2v) is 5.01. The zero-order chi connectivity index (χ0) is 11.0. The van der Waals surface area contributed by atoms with E-state index >= 15 is 0 Å². The van der Waals surface area contributed by atoms with Gasteiger partial charge in [0.15, 0.2) is 0 Å². The molecule has 78 valence electrons. The number of hydrogen-bond donors (Lipinski definition) is 1. The van der Waals surface area contributed by atoms with Gasteiger partial charge in [-0.25, -0.2) is 0 Å². The third-order valence-corrected chi connectivity index (χ3v) is 2.93. The molecule has 0 radical (unpaired) electrons. The largest absolute Gasteiger partial charge is 0.385 e. The standard InChI is InChI=1S/C12H19NO/c1-9-6-7-10(8-13-9)12(5,14)11(2,3)4/h6-8,14H,1-5H3. The molecule has 0 amide bonds. The summed E-state index contributed by atoms with van der Waals surface area (Å²) in [5, 5.41) is 10.4. The first-order valence-electron chi connectivity index (χ1n) is 4.90. The van der Waals surface area contributed by atoms with E-state index in [4.69, 9.17) is 0 Å². The molecule has 1 heterocycles. The number of pyridine rings is 1. The van der Waals surface area contributed by atoms with E-state index in [1.807, 2.05) is 46.8 Å². The van der Waals surface area contributed by atoms with E-state index in [0.717, 1.165) is 11.3 Å². The molecule has 0 saturated heterocycles. The van der Waals surface area contributed by atoms with Crippen molar-refractivity contribution in [3.63, 3.8) is 0 Å². The van der Waals surface area contributed by atoms with Crippen LogP contribution in [0.5, 0.6) is 0 Å². The number of aryl methyl sites for hydroxylation is 1. The normalized spacial score (nSPS) is 16.4. The molecule has 1 rings (SSSR count). The lowest BCUT2D eigenvalue weighted by atomic mass is 9.74. The van der Waals surface area contributed by atoms with Crippen molar-refractivity contribution in [2.45, 2.75) is 40.2 Å². The fraction of sp³-hybridized carbons (Fsp3) is 0.583. The summed E-state index contributed by atoms with van der Waals surface area (Å²) in [6, 6.07) is 3.86. The summed E-state index contributed by atoms with van der Waals surface area (Å²) in [7, 11) is 0. The fourth-order valence-electron chi connectivity index (χ4n) is 1.19. The van der Waals surface area contributed by atoms with E-state index < -0.39 is 5.60 Å². The third kappa shape index (κ3) is 1.95. The van der Waals surface area contributed by atoms with Crippen LogP contribution in [-0.4, -0.2) is 10.1 Å². The van der Waals surface area contributed by atoms with E-state index in [-0.39, 0.29) is 5.41 Å². The number of aromatic nitrogens is 1. The summed E-state index contributed by atoms with van der Waals surface area (Å²) in [6.45, 7) is 9.83. The van der Waals surface area contributed by atoms with Crippen molar-refractivity contribution in [2.75, 3.05) is 0 Å². The summed E-state index contributed by atoms with van der Waals surface area (Å²) >= 11 is 0. The molecule has 0 bridgehead atoms. The zero-order valence-corrected chi connectivity index (χ0v) is 9.63. The molecule has 1 aromatic rings. The Morgan fingerprint density at radius 1 is 1.14 bits per heavy atom. The molecule has 1 aromatic heterocycles. The van der Waals surface area contributed by atoms with Gasteiger partial charge < -0.3 is 5.11 Å². The van der Waals surface area contributed by atoms with Crippen LogP contribution in [0.4, 0.5) is 0 Å². The molecule has 0 aliphatic carbocycles. The van der Waals surface area contributed by atoms with Crippen LogP contribution in [0.1, 0.15) is 39.0 Å². The molecule has 0 saturated carbocycles. The minimum atomic E-state index is -0.840. The highest BCUT2D eigenvalue weighted by Crippen LogP contribution is 2.38. The van der Waals surface area contributed by atoms with E-state index in [0.29, 0.717) is 0 Å². The van der Waals surface area contributed by atoms with E-state index in [1.165, 1.54) is 0 Å². The molecule has 1 N–H and O–H groups in total. The second-order valence-electron chi connectivity index (χ2n) is 5.01. The van der Waals surface area contributed by atoms with Gasteiger partial charge in [-0.15, -0.1) is 0 Å². The third-order valence-electron chi connectivity index (χ3n) is 2.93. The molecule has 14 heavy (non-hydrogen) atoms. The van der Waals surface area contributed by atoms with Crippen molar-refractivity contribution >= 4 is 0 Å². The fourth-order valence-corrected chi connectivity index (χ4v) is 1.19. The Morgan fingerprint density at radius 2 is 1.71 bits per heavy atom. The van der Waals surface area contributed by atoms with Crippen molar-refractivity contribution in [3.8, 4) is 0 Å². The lowest BCUT2D eigenvalue weighted by molar-refractivity contribution is -0.0472. The topological polar surface area (TPSA) is 33.1 Å². The van der Waals surface area contributed by atoms with Gasteiger partial charge >= 0.3 is 0 Å². The molecule has 0 aliphatic heterocycles. The lowest BCUT2D eigenvalue weighted by Gasteiger charge is -2.37. The Bertz CT molecular complexity index is 306. The molecule has 0 spiro atoms. The Kier molecular flexibility index (Phi) is 2.68. The highest BCUT2D eigenvalue weighted by atomic mass is 16.3. The molecule has 1 unspecified atom stereocenters. The summed E-state index contributed by atoms with van der Waals surface area (Å²) in [6.07, 6.45) is 1.75. The van der Waals surface area contributed by atoms with Crippen molar-refractivity contribution in [3.05, 3.63) is 29.6 Å². The lowest BCUT2D eigenvalue weighted by Crippen LogP contribution is -2.36. The smallest absolute Gasteiger partial charge is 0.0931 e. The SMILES string of the molecule is Cc1ccc(C(C)(O)C(C)(C)C)cn1. The summed E-state index contributed by atoms with van der Waals surface area (Å²) in [4.78, 5) is 4.20. The first-order chi connectivity index (χ1) is 6.25. The van der Waals surface area contributed by atoms with Gasteiger partial charge in [-0.1, -0.05) is 26.8 Å². The molecule has 0 aliphatic rings. The minimum Gasteiger partial charge on any atom is -0.385 e. The van der Waals surface area contributed by atoms with Gasteiger partial charge in [-0.05, 0) is 25.3 Å². The quantitative estimate of drug-likeness (QED) is 0.743. The average molecular weight is 193 g/mol. The first-order valence-corrected chi connectivity index (χ1v) is 4.90. The van der Waals surface area contributed by atoms with Crippen LogP contribution in [0, 0.1) is 12.3 Å². The van der Waals surface area contributed by atoms with Crippen molar-refractivity contribution < 1.29 is 5.11 Å².